The van der Waals surface area contributed by atoms with Gasteiger partial charge in [0.05, 0.1) is 7.11 Å². The molecule has 3 aliphatic carbocycles. The van der Waals surface area contributed by atoms with Gasteiger partial charge < -0.3 is 14.8 Å². The Labute approximate surface area is 185 Å². The van der Waals surface area contributed by atoms with Gasteiger partial charge in [-0.25, -0.2) is 0 Å². The summed E-state index contributed by atoms with van der Waals surface area (Å²) < 4.78 is 11.0. The van der Waals surface area contributed by atoms with Crippen molar-refractivity contribution >= 4 is 17.6 Å². The molecular weight excluding hydrogens is 390 g/mol. The van der Waals surface area contributed by atoms with Crippen molar-refractivity contribution in [3.63, 3.8) is 0 Å². The lowest BCUT2D eigenvalue weighted by molar-refractivity contribution is -0.192. The molecule has 5 rings (SSSR count). The number of hydrogen-bond acceptors (Lipinski definition) is 4. The molecule has 5 nitrogen and oxygen atoms in total. The van der Waals surface area contributed by atoms with Crippen LogP contribution in [0.5, 0.6) is 5.75 Å². The lowest BCUT2D eigenvalue weighted by atomic mass is 9.47. The third-order valence-corrected chi connectivity index (χ3v) is 9.60. The molecule has 0 bridgehead atoms. The molecule has 3 unspecified atom stereocenters. The topological polar surface area (TPSA) is 64.6 Å². The Morgan fingerprint density at radius 2 is 1.74 bits per heavy atom. The Kier molecular flexibility index (Phi) is 5.06. The van der Waals surface area contributed by atoms with Crippen LogP contribution < -0.4 is 10.1 Å². The normalized spacial score (nSPS) is 41.4. The molecule has 0 radical (unpaired) electrons. The van der Waals surface area contributed by atoms with E-state index in [0.29, 0.717) is 24.2 Å². The Bertz CT molecular complexity index is 867. The van der Waals surface area contributed by atoms with Gasteiger partial charge in [0.1, 0.15) is 11.9 Å². The van der Waals surface area contributed by atoms with Crippen LogP contribution in [-0.2, 0) is 14.3 Å². The van der Waals surface area contributed by atoms with Crippen molar-refractivity contribution in [3.05, 3.63) is 24.3 Å². The second kappa shape index (κ2) is 7.53. The molecule has 1 aliphatic heterocycles. The second-order valence-electron chi connectivity index (χ2n) is 10.8. The molecule has 0 aromatic heterocycles. The Balaban J connectivity index is 1.32. The fraction of sp³-hybridized carbons (Fsp3) is 0.692. The molecule has 31 heavy (non-hydrogen) atoms. The van der Waals surface area contributed by atoms with Crippen molar-refractivity contribution in [1.82, 2.24) is 0 Å². The average molecular weight is 426 g/mol. The van der Waals surface area contributed by atoms with E-state index < -0.39 is 0 Å². The minimum absolute atomic E-state index is 0.0160. The molecular formula is C26H35NO4. The number of anilines is 1. The van der Waals surface area contributed by atoms with Crippen molar-refractivity contribution < 1.29 is 19.1 Å². The molecule has 1 amide bonds. The van der Waals surface area contributed by atoms with Gasteiger partial charge in [-0.05, 0) is 92.4 Å². The van der Waals surface area contributed by atoms with E-state index >= 15 is 0 Å². The molecule has 4 fully saturated rings. The molecule has 7 atom stereocenters. The van der Waals surface area contributed by atoms with Crippen molar-refractivity contribution in [2.24, 2.45) is 34.5 Å². The quantitative estimate of drug-likeness (QED) is 0.676. The third-order valence-electron chi connectivity index (χ3n) is 9.60. The summed E-state index contributed by atoms with van der Waals surface area (Å²) in [7, 11) is 1.65. The summed E-state index contributed by atoms with van der Waals surface area (Å²) >= 11 is 0. The number of ether oxygens (including phenoxy) is 2. The first-order valence-electron chi connectivity index (χ1n) is 12.0. The van der Waals surface area contributed by atoms with E-state index in [1.807, 2.05) is 24.3 Å². The molecule has 1 N–H and O–H groups in total. The van der Waals surface area contributed by atoms with Crippen molar-refractivity contribution in [2.75, 3.05) is 12.4 Å². The van der Waals surface area contributed by atoms with E-state index in [1.54, 1.807) is 7.11 Å². The lowest BCUT2D eigenvalue weighted by Gasteiger charge is -2.59. The number of carbonyl (C=O) groups excluding carboxylic acids is 2. The van der Waals surface area contributed by atoms with E-state index in [2.05, 4.69) is 19.2 Å². The summed E-state index contributed by atoms with van der Waals surface area (Å²) in [4.78, 5) is 25.2. The Hall–Kier alpha value is -2.04. The number of benzene rings is 1. The van der Waals surface area contributed by atoms with Crippen LogP contribution in [0.25, 0.3) is 0 Å². The molecule has 1 aromatic carbocycles. The lowest BCUT2D eigenvalue weighted by Crippen LogP contribution is -2.56. The van der Waals surface area contributed by atoms with Gasteiger partial charge in [0, 0.05) is 23.4 Å². The van der Waals surface area contributed by atoms with E-state index in [-0.39, 0.29) is 34.7 Å². The van der Waals surface area contributed by atoms with Crippen molar-refractivity contribution in [3.8, 4) is 5.75 Å². The van der Waals surface area contributed by atoms with Gasteiger partial charge in [0.25, 0.3) is 0 Å². The van der Waals surface area contributed by atoms with Crippen LogP contribution in [0.3, 0.4) is 0 Å². The average Bonchev–Trinajstić information content (AvgIpc) is 3.12. The van der Waals surface area contributed by atoms with Crippen LogP contribution in [0.4, 0.5) is 5.69 Å². The van der Waals surface area contributed by atoms with Crippen LogP contribution in [0.1, 0.15) is 65.2 Å². The first-order chi connectivity index (χ1) is 14.8. The second-order valence-corrected chi connectivity index (χ2v) is 10.8. The highest BCUT2D eigenvalue weighted by Crippen LogP contribution is 2.66. The number of carbonyl (C=O) groups is 2. The van der Waals surface area contributed by atoms with Crippen LogP contribution in [0, 0.1) is 34.5 Å². The Morgan fingerprint density at radius 1 is 1.00 bits per heavy atom. The molecule has 1 saturated heterocycles. The molecule has 5 heteroatoms. The standard InChI is InChI=1S/C26H35NO4/c1-25-14-12-20-18(8-11-22-26(20,2)15-13-23(28)31-22)19(25)9-10-21(25)24(29)27-16-4-6-17(30-3)7-5-16/h4-7,18-22H,8-15H2,1-3H3,(H,27,29)/t18?,19?,20?,21-,22-,25+,26-/m1/s1. The van der Waals surface area contributed by atoms with E-state index in [1.165, 1.54) is 0 Å². The van der Waals surface area contributed by atoms with Gasteiger partial charge >= 0.3 is 5.97 Å². The maximum absolute atomic E-state index is 13.3. The number of methoxy groups -OCH3 is 1. The summed E-state index contributed by atoms with van der Waals surface area (Å²) in [6.07, 6.45) is 8.08. The molecule has 168 valence electrons. The number of nitrogens with one attached hydrogen (secondary N) is 1. The number of esters is 1. The summed E-state index contributed by atoms with van der Waals surface area (Å²) in [5, 5.41) is 3.17. The van der Waals surface area contributed by atoms with Gasteiger partial charge in [-0.3, -0.25) is 9.59 Å². The van der Waals surface area contributed by atoms with Crippen LogP contribution in [-0.4, -0.2) is 25.1 Å². The smallest absolute Gasteiger partial charge is 0.306 e. The fourth-order valence-electron chi connectivity index (χ4n) is 7.88. The predicted octanol–water partition coefficient (Wildman–Crippen LogP) is 5.20. The summed E-state index contributed by atoms with van der Waals surface area (Å²) in [5.74, 6) is 2.86. The highest BCUT2D eigenvalue weighted by Gasteiger charge is 2.62. The first-order valence-corrected chi connectivity index (χ1v) is 12.0. The minimum atomic E-state index is -0.0160. The molecule has 4 aliphatic rings. The van der Waals surface area contributed by atoms with Gasteiger partial charge in [-0.15, -0.1) is 0 Å². The van der Waals surface area contributed by atoms with Crippen LogP contribution in [0.2, 0.25) is 0 Å². The van der Waals surface area contributed by atoms with Gasteiger partial charge in [0.15, 0.2) is 0 Å². The first kappa shape index (κ1) is 20.8. The third kappa shape index (κ3) is 3.27. The summed E-state index contributed by atoms with van der Waals surface area (Å²) in [6, 6.07) is 7.59. The van der Waals surface area contributed by atoms with Crippen LogP contribution >= 0.6 is 0 Å². The molecule has 0 spiro atoms. The number of rotatable bonds is 3. The largest absolute Gasteiger partial charge is 0.497 e. The SMILES string of the molecule is COc1ccc(NC(=O)[C@H]2CCC3C4CC[C@H]5OC(=O)CC[C@]5(C)C4CC[C@@]32C)cc1. The van der Waals surface area contributed by atoms with E-state index in [4.69, 9.17) is 9.47 Å². The molecule has 1 aromatic rings. The zero-order valence-electron chi connectivity index (χ0n) is 19.0. The zero-order valence-corrected chi connectivity index (χ0v) is 19.0. The highest BCUT2D eigenvalue weighted by atomic mass is 16.5. The van der Waals surface area contributed by atoms with Crippen molar-refractivity contribution in [1.29, 1.82) is 0 Å². The maximum atomic E-state index is 13.3. The van der Waals surface area contributed by atoms with E-state index in [9.17, 15) is 9.59 Å². The maximum Gasteiger partial charge on any atom is 0.306 e. The molecule has 1 heterocycles. The predicted molar refractivity (Wildman–Crippen MR) is 119 cm³/mol. The summed E-state index contributed by atoms with van der Waals surface area (Å²) in [6.45, 7) is 4.74. The number of hydrogen-bond donors (Lipinski definition) is 1. The van der Waals surface area contributed by atoms with Crippen molar-refractivity contribution in [2.45, 2.75) is 71.3 Å². The van der Waals surface area contributed by atoms with Gasteiger partial charge in [-0.1, -0.05) is 13.8 Å². The highest BCUT2D eigenvalue weighted by molar-refractivity contribution is 5.93. The Morgan fingerprint density at radius 3 is 2.48 bits per heavy atom. The zero-order chi connectivity index (χ0) is 21.8. The van der Waals surface area contributed by atoms with Crippen LogP contribution in [0.15, 0.2) is 24.3 Å². The number of amides is 1. The fourth-order valence-corrected chi connectivity index (χ4v) is 7.88. The monoisotopic (exact) mass is 425 g/mol. The minimum Gasteiger partial charge on any atom is -0.497 e. The van der Waals surface area contributed by atoms with E-state index in [0.717, 1.165) is 56.4 Å². The number of fused-ring (bicyclic) bond motifs is 5. The summed E-state index contributed by atoms with van der Waals surface area (Å²) in [5.41, 5.74) is 1.01. The molecule has 3 saturated carbocycles. The van der Waals surface area contributed by atoms with Gasteiger partial charge in [-0.2, -0.15) is 0 Å². The van der Waals surface area contributed by atoms with Gasteiger partial charge in [0.2, 0.25) is 5.91 Å².